The number of nitrogens with one attached hydrogen (secondary N) is 1. The van der Waals surface area contributed by atoms with E-state index >= 15 is 0 Å². The van der Waals surface area contributed by atoms with Crippen LogP contribution in [0, 0.1) is 5.82 Å². The number of hydrogen-bond donors (Lipinski definition) is 1. The van der Waals surface area contributed by atoms with Gasteiger partial charge in [-0.05, 0) is 23.8 Å². The lowest BCUT2D eigenvalue weighted by molar-refractivity contribution is 0.0257. The summed E-state index contributed by atoms with van der Waals surface area (Å²) in [7, 11) is 0. The van der Waals surface area contributed by atoms with Crippen LogP contribution in [0.4, 0.5) is 29.5 Å². The Hall–Kier alpha value is -3.62. The molecule has 1 aromatic carbocycles. The maximum Gasteiger partial charge on any atom is 0.322 e. The van der Waals surface area contributed by atoms with Gasteiger partial charge in [-0.1, -0.05) is 24.3 Å². The van der Waals surface area contributed by atoms with Crippen molar-refractivity contribution in [1.82, 2.24) is 14.9 Å². The van der Waals surface area contributed by atoms with Gasteiger partial charge in [-0.15, -0.1) is 0 Å². The van der Waals surface area contributed by atoms with Gasteiger partial charge in [0.2, 0.25) is 0 Å². The molecule has 0 atom stereocenters. The zero-order chi connectivity index (χ0) is 22.3. The summed E-state index contributed by atoms with van der Waals surface area (Å²) in [6.45, 7) is 0.279. The van der Waals surface area contributed by atoms with Crippen LogP contribution < -0.4 is 10.2 Å². The number of fused-ring (bicyclic) bond motifs is 1. The Morgan fingerprint density at radius 2 is 1.84 bits per heavy atom. The Morgan fingerprint density at radius 1 is 1.00 bits per heavy atom. The second kappa shape index (κ2) is 7.81. The maximum atomic E-state index is 14.6. The molecule has 32 heavy (non-hydrogen) atoms. The molecular formula is C23H20F3N5O. The highest BCUT2D eigenvalue weighted by atomic mass is 19.3. The molecular weight excluding hydrogens is 419 g/mol. The fourth-order valence-corrected chi connectivity index (χ4v) is 4.16. The first-order chi connectivity index (χ1) is 15.4. The number of aromatic nitrogens is 2. The van der Waals surface area contributed by atoms with Crippen LogP contribution in [0.3, 0.4) is 0 Å². The monoisotopic (exact) mass is 439 g/mol. The highest BCUT2D eigenvalue weighted by molar-refractivity contribution is 5.99. The van der Waals surface area contributed by atoms with Crippen molar-refractivity contribution in [2.45, 2.75) is 25.4 Å². The van der Waals surface area contributed by atoms with Gasteiger partial charge in [0.1, 0.15) is 5.82 Å². The quantitative estimate of drug-likeness (QED) is 0.644. The molecule has 0 spiro atoms. The van der Waals surface area contributed by atoms with Crippen LogP contribution in [0.1, 0.15) is 17.7 Å². The van der Waals surface area contributed by atoms with Gasteiger partial charge in [-0.2, -0.15) is 0 Å². The van der Waals surface area contributed by atoms with Gasteiger partial charge in [-0.3, -0.25) is 4.98 Å². The number of pyridine rings is 2. The van der Waals surface area contributed by atoms with E-state index in [0.717, 1.165) is 11.3 Å². The minimum atomic E-state index is -2.85. The molecule has 1 saturated heterocycles. The fourth-order valence-electron chi connectivity index (χ4n) is 4.16. The molecule has 1 N–H and O–H groups in total. The predicted molar refractivity (Wildman–Crippen MR) is 114 cm³/mol. The van der Waals surface area contributed by atoms with Gasteiger partial charge in [0.25, 0.3) is 5.92 Å². The third kappa shape index (κ3) is 3.74. The summed E-state index contributed by atoms with van der Waals surface area (Å²) in [5.41, 5.74) is 2.60. The van der Waals surface area contributed by atoms with Gasteiger partial charge >= 0.3 is 6.03 Å². The Morgan fingerprint density at radius 3 is 2.59 bits per heavy atom. The molecule has 0 bridgehead atoms. The van der Waals surface area contributed by atoms with Crippen LogP contribution in [0.15, 0.2) is 54.9 Å². The van der Waals surface area contributed by atoms with Crippen molar-refractivity contribution in [1.29, 1.82) is 0 Å². The van der Waals surface area contributed by atoms with E-state index in [-0.39, 0.29) is 30.0 Å². The van der Waals surface area contributed by atoms with Crippen molar-refractivity contribution in [3.8, 4) is 11.1 Å². The van der Waals surface area contributed by atoms with Crippen molar-refractivity contribution in [2.75, 3.05) is 23.3 Å². The molecule has 0 radical (unpaired) electrons. The molecule has 9 heteroatoms. The summed E-state index contributed by atoms with van der Waals surface area (Å²) in [5, 5.41) is 2.83. The number of alkyl halides is 2. The number of carbonyl (C=O) groups is 1. The normalized spacial score (nSPS) is 16.8. The van der Waals surface area contributed by atoms with Crippen LogP contribution in [0.5, 0.6) is 0 Å². The first-order valence-corrected chi connectivity index (χ1v) is 10.3. The Kier molecular flexibility index (Phi) is 4.96. The SMILES string of the molecule is O=C(Nc1c(-c2ccccc2F)ccnc1N1CCC(F)(F)C1)N1Cc2cccnc2C1. The molecule has 2 aromatic heterocycles. The molecule has 6 nitrogen and oxygen atoms in total. The number of halogens is 3. The number of carbonyl (C=O) groups excluding carboxylic acids is 1. The van der Waals surface area contributed by atoms with Gasteiger partial charge in [0, 0.05) is 43.0 Å². The number of anilines is 2. The molecule has 5 rings (SSSR count). The van der Waals surface area contributed by atoms with Crippen molar-refractivity contribution in [3.63, 3.8) is 0 Å². The number of urea groups is 1. The summed E-state index contributed by atoms with van der Waals surface area (Å²) in [6, 6.07) is 11.0. The average molecular weight is 439 g/mol. The lowest BCUT2D eigenvalue weighted by Gasteiger charge is -2.24. The van der Waals surface area contributed by atoms with Gasteiger partial charge < -0.3 is 15.1 Å². The minimum Gasteiger partial charge on any atom is -0.349 e. The average Bonchev–Trinajstić information content (AvgIpc) is 3.37. The van der Waals surface area contributed by atoms with E-state index in [1.54, 1.807) is 35.4 Å². The first kappa shape index (κ1) is 20.3. The molecule has 2 amide bonds. The minimum absolute atomic E-state index is 0.0860. The number of amides is 2. The van der Waals surface area contributed by atoms with Crippen LogP contribution in [0.2, 0.25) is 0 Å². The van der Waals surface area contributed by atoms with Gasteiger partial charge in [0.15, 0.2) is 5.82 Å². The summed E-state index contributed by atoms with van der Waals surface area (Å²) < 4.78 is 42.5. The summed E-state index contributed by atoms with van der Waals surface area (Å²) in [4.78, 5) is 24.7. The number of rotatable bonds is 3. The summed E-state index contributed by atoms with van der Waals surface area (Å²) in [6.07, 6.45) is 2.81. The second-order valence-corrected chi connectivity index (χ2v) is 7.96. The summed E-state index contributed by atoms with van der Waals surface area (Å²) in [5.74, 6) is -3.13. The number of hydrogen-bond acceptors (Lipinski definition) is 4. The molecule has 2 aliphatic heterocycles. The third-order valence-electron chi connectivity index (χ3n) is 5.77. The number of benzene rings is 1. The van der Waals surface area contributed by atoms with E-state index in [1.165, 1.54) is 17.2 Å². The molecule has 164 valence electrons. The predicted octanol–water partition coefficient (Wildman–Crippen LogP) is 4.68. The lowest BCUT2D eigenvalue weighted by Crippen LogP contribution is -2.32. The largest absolute Gasteiger partial charge is 0.349 e. The van der Waals surface area contributed by atoms with Gasteiger partial charge in [-0.25, -0.2) is 22.9 Å². The molecule has 4 heterocycles. The molecule has 3 aromatic rings. The van der Waals surface area contributed by atoms with E-state index < -0.39 is 24.3 Å². The Bertz CT molecular complexity index is 1160. The zero-order valence-corrected chi connectivity index (χ0v) is 17.1. The molecule has 0 unspecified atom stereocenters. The topological polar surface area (TPSA) is 61.4 Å². The lowest BCUT2D eigenvalue weighted by atomic mass is 10.0. The van der Waals surface area contributed by atoms with Crippen molar-refractivity contribution in [3.05, 3.63) is 71.9 Å². The van der Waals surface area contributed by atoms with E-state index in [2.05, 4.69) is 15.3 Å². The second-order valence-electron chi connectivity index (χ2n) is 7.96. The molecule has 0 saturated carbocycles. The standard InChI is InChI=1S/C23H20F3N5O/c24-18-6-2-1-5-16(18)17-7-10-28-21(30-11-8-23(25,26)14-30)20(17)29-22(32)31-12-15-4-3-9-27-19(15)13-31/h1-7,9-10H,8,11-14H2,(H,29,32). The molecule has 1 fully saturated rings. The number of nitrogens with zero attached hydrogens (tertiary/aromatic N) is 4. The smallest absolute Gasteiger partial charge is 0.322 e. The van der Waals surface area contributed by atoms with Crippen molar-refractivity contribution in [2.24, 2.45) is 0 Å². The zero-order valence-electron chi connectivity index (χ0n) is 17.1. The highest BCUT2D eigenvalue weighted by Gasteiger charge is 2.40. The van der Waals surface area contributed by atoms with Crippen molar-refractivity contribution >= 4 is 17.5 Å². The van der Waals surface area contributed by atoms with E-state index in [4.69, 9.17) is 0 Å². The summed E-state index contributed by atoms with van der Waals surface area (Å²) >= 11 is 0. The van der Waals surface area contributed by atoms with E-state index in [1.807, 2.05) is 12.1 Å². The molecule has 2 aliphatic rings. The highest BCUT2D eigenvalue weighted by Crippen LogP contribution is 2.40. The van der Waals surface area contributed by atoms with E-state index in [0.29, 0.717) is 18.7 Å². The Balaban J connectivity index is 1.52. The van der Waals surface area contributed by atoms with Crippen LogP contribution in [-0.4, -0.2) is 39.9 Å². The van der Waals surface area contributed by atoms with Crippen LogP contribution >= 0.6 is 0 Å². The third-order valence-corrected chi connectivity index (χ3v) is 5.77. The van der Waals surface area contributed by atoms with Gasteiger partial charge in [0.05, 0.1) is 24.5 Å². The van der Waals surface area contributed by atoms with Crippen LogP contribution in [0.25, 0.3) is 11.1 Å². The fraction of sp³-hybridized carbons (Fsp3) is 0.261. The first-order valence-electron chi connectivity index (χ1n) is 10.3. The van der Waals surface area contributed by atoms with Crippen LogP contribution in [-0.2, 0) is 13.1 Å². The van der Waals surface area contributed by atoms with E-state index in [9.17, 15) is 18.0 Å². The maximum absolute atomic E-state index is 14.6. The molecule has 0 aliphatic carbocycles. The Labute approximate surface area is 182 Å². The van der Waals surface area contributed by atoms with Crippen molar-refractivity contribution < 1.29 is 18.0 Å².